The minimum absolute atomic E-state index is 0.618. The minimum atomic E-state index is 0.618. The molecule has 0 radical (unpaired) electrons. The van der Waals surface area contributed by atoms with Gasteiger partial charge in [-0.25, -0.2) is 0 Å². The first-order valence-electron chi connectivity index (χ1n) is 6.35. The molecule has 1 saturated carbocycles. The fourth-order valence-electron chi connectivity index (χ4n) is 2.63. The van der Waals surface area contributed by atoms with E-state index >= 15 is 0 Å². The first-order valence-corrected chi connectivity index (χ1v) is 6.35. The van der Waals surface area contributed by atoms with E-state index in [-0.39, 0.29) is 0 Å². The van der Waals surface area contributed by atoms with E-state index in [1.165, 1.54) is 30.5 Å². The second kappa shape index (κ2) is 4.86. The van der Waals surface area contributed by atoms with Crippen molar-refractivity contribution >= 4 is 5.69 Å². The van der Waals surface area contributed by atoms with Crippen molar-refractivity contribution in [1.82, 2.24) is 4.98 Å². The van der Waals surface area contributed by atoms with Crippen molar-refractivity contribution in [3.63, 3.8) is 0 Å². The normalized spacial score (nSPS) is 30.1. The van der Waals surface area contributed by atoms with E-state index in [4.69, 9.17) is 0 Å². The molecule has 1 N–H and O–H groups in total. The Bertz CT molecular complexity index is 348. The molecule has 3 unspecified atom stereocenters. The summed E-state index contributed by atoms with van der Waals surface area (Å²) in [5, 5.41) is 3.64. The van der Waals surface area contributed by atoms with Crippen LogP contribution in [0.3, 0.4) is 0 Å². The predicted octanol–water partition coefficient (Wildman–Crippen LogP) is 3.63. The molecule has 1 fully saturated rings. The average molecular weight is 218 g/mol. The molecule has 2 rings (SSSR count). The molecule has 3 atom stereocenters. The van der Waals surface area contributed by atoms with Crippen LogP contribution < -0.4 is 5.32 Å². The second-order valence-electron chi connectivity index (χ2n) is 5.27. The third-order valence-electron chi connectivity index (χ3n) is 3.93. The van der Waals surface area contributed by atoms with Gasteiger partial charge in [0.05, 0.1) is 5.69 Å². The molecule has 0 aliphatic heterocycles. The van der Waals surface area contributed by atoms with E-state index in [0.717, 1.165) is 11.8 Å². The molecule has 1 aromatic rings. The van der Waals surface area contributed by atoms with Crippen LogP contribution in [-0.4, -0.2) is 11.0 Å². The van der Waals surface area contributed by atoms with Crippen LogP contribution in [0.4, 0.5) is 5.69 Å². The van der Waals surface area contributed by atoms with Gasteiger partial charge in [0.15, 0.2) is 0 Å². The Hall–Kier alpha value is -1.05. The Morgan fingerprint density at radius 3 is 2.81 bits per heavy atom. The van der Waals surface area contributed by atoms with Crippen LogP contribution in [0.5, 0.6) is 0 Å². The number of anilines is 1. The van der Waals surface area contributed by atoms with Crippen molar-refractivity contribution < 1.29 is 0 Å². The number of rotatable bonds is 2. The Kier molecular flexibility index (Phi) is 3.47. The smallest absolute Gasteiger partial charge is 0.0531 e. The van der Waals surface area contributed by atoms with Gasteiger partial charge >= 0.3 is 0 Å². The summed E-state index contributed by atoms with van der Waals surface area (Å²) >= 11 is 0. The quantitative estimate of drug-likeness (QED) is 0.820. The highest BCUT2D eigenvalue weighted by atomic mass is 14.9. The maximum atomic E-state index is 4.23. The zero-order valence-electron chi connectivity index (χ0n) is 10.5. The summed E-state index contributed by atoms with van der Waals surface area (Å²) in [5.41, 5.74) is 2.40. The van der Waals surface area contributed by atoms with E-state index in [2.05, 4.69) is 37.1 Å². The van der Waals surface area contributed by atoms with E-state index < -0.39 is 0 Å². The van der Waals surface area contributed by atoms with E-state index in [0.29, 0.717) is 6.04 Å². The molecule has 1 aromatic heterocycles. The van der Waals surface area contributed by atoms with Crippen molar-refractivity contribution in [3.05, 3.63) is 24.0 Å². The summed E-state index contributed by atoms with van der Waals surface area (Å²) in [5.74, 6) is 1.60. The van der Waals surface area contributed by atoms with Crippen LogP contribution in [0, 0.1) is 18.8 Å². The van der Waals surface area contributed by atoms with Crippen LogP contribution in [-0.2, 0) is 0 Å². The van der Waals surface area contributed by atoms with Crippen LogP contribution in [0.2, 0.25) is 0 Å². The Morgan fingerprint density at radius 1 is 1.25 bits per heavy atom. The van der Waals surface area contributed by atoms with Gasteiger partial charge in [-0.1, -0.05) is 26.7 Å². The SMILES string of the molecule is Cc1cncc(NC2CCCC(C)C2C)c1. The molecule has 0 spiro atoms. The van der Waals surface area contributed by atoms with Crippen molar-refractivity contribution in [3.8, 4) is 0 Å². The van der Waals surface area contributed by atoms with Gasteiger partial charge in [0.25, 0.3) is 0 Å². The summed E-state index contributed by atoms with van der Waals surface area (Å²) in [6.45, 7) is 6.82. The van der Waals surface area contributed by atoms with Gasteiger partial charge in [-0.05, 0) is 36.8 Å². The number of nitrogens with one attached hydrogen (secondary N) is 1. The van der Waals surface area contributed by atoms with Gasteiger partial charge < -0.3 is 5.32 Å². The average Bonchev–Trinajstić information content (AvgIpc) is 2.25. The van der Waals surface area contributed by atoms with Gasteiger partial charge in [-0.15, -0.1) is 0 Å². The molecule has 0 saturated heterocycles. The van der Waals surface area contributed by atoms with Gasteiger partial charge in [0.2, 0.25) is 0 Å². The number of hydrogen-bond acceptors (Lipinski definition) is 2. The lowest BCUT2D eigenvalue weighted by atomic mass is 9.78. The standard InChI is InChI=1S/C14H22N2/c1-10-7-13(9-15-8-10)16-14-6-4-5-11(2)12(14)3/h7-9,11-12,14,16H,4-6H2,1-3H3. The van der Waals surface area contributed by atoms with Crippen molar-refractivity contribution in [2.24, 2.45) is 11.8 Å². The fraction of sp³-hybridized carbons (Fsp3) is 0.643. The molecule has 1 aliphatic carbocycles. The van der Waals surface area contributed by atoms with Crippen LogP contribution >= 0.6 is 0 Å². The van der Waals surface area contributed by atoms with E-state index in [1.54, 1.807) is 0 Å². The molecule has 0 bridgehead atoms. The maximum Gasteiger partial charge on any atom is 0.0531 e. The van der Waals surface area contributed by atoms with Crippen LogP contribution in [0.15, 0.2) is 18.5 Å². The molecule has 1 aliphatic rings. The topological polar surface area (TPSA) is 24.9 Å². The maximum absolute atomic E-state index is 4.23. The van der Waals surface area contributed by atoms with Crippen molar-refractivity contribution in [1.29, 1.82) is 0 Å². The number of aryl methyl sites for hydroxylation is 1. The lowest BCUT2D eigenvalue weighted by Crippen LogP contribution is -2.35. The minimum Gasteiger partial charge on any atom is -0.381 e. The van der Waals surface area contributed by atoms with Gasteiger partial charge in [0.1, 0.15) is 0 Å². The highest BCUT2D eigenvalue weighted by Crippen LogP contribution is 2.31. The molecular formula is C14H22N2. The monoisotopic (exact) mass is 218 g/mol. The number of aromatic nitrogens is 1. The number of nitrogens with zero attached hydrogens (tertiary/aromatic N) is 1. The Labute approximate surface area is 98.5 Å². The zero-order chi connectivity index (χ0) is 11.5. The predicted molar refractivity (Wildman–Crippen MR) is 68.6 cm³/mol. The summed E-state index contributed by atoms with van der Waals surface area (Å²) in [6, 6.07) is 2.80. The largest absolute Gasteiger partial charge is 0.381 e. The second-order valence-corrected chi connectivity index (χ2v) is 5.27. The summed E-state index contributed by atoms with van der Waals surface area (Å²) in [7, 11) is 0. The zero-order valence-corrected chi connectivity index (χ0v) is 10.5. The first kappa shape index (κ1) is 11.4. The molecule has 1 heterocycles. The highest BCUT2D eigenvalue weighted by Gasteiger charge is 2.26. The van der Waals surface area contributed by atoms with Crippen molar-refractivity contribution in [2.45, 2.75) is 46.1 Å². The summed E-state index contributed by atoms with van der Waals surface area (Å²) in [4.78, 5) is 4.23. The number of pyridine rings is 1. The van der Waals surface area contributed by atoms with Crippen LogP contribution in [0.1, 0.15) is 38.7 Å². The third-order valence-corrected chi connectivity index (χ3v) is 3.93. The third kappa shape index (κ3) is 2.55. The Morgan fingerprint density at radius 2 is 2.06 bits per heavy atom. The lowest BCUT2D eigenvalue weighted by molar-refractivity contribution is 0.253. The Balaban J connectivity index is 2.03. The summed E-state index contributed by atoms with van der Waals surface area (Å²) < 4.78 is 0. The van der Waals surface area contributed by atoms with E-state index in [1.807, 2.05) is 12.4 Å². The van der Waals surface area contributed by atoms with Crippen LogP contribution in [0.25, 0.3) is 0 Å². The molecular weight excluding hydrogens is 196 g/mol. The van der Waals surface area contributed by atoms with Gasteiger partial charge in [-0.3, -0.25) is 4.98 Å². The van der Waals surface area contributed by atoms with Gasteiger partial charge in [-0.2, -0.15) is 0 Å². The van der Waals surface area contributed by atoms with E-state index in [9.17, 15) is 0 Å². The number of hydrogen-bond donors (Lipinski definition) is 1. The lowest BCUT2D eigenvalue weighted by Gasteiger charge is -2.35. The fourth-order valence-corrected chi connectivity index (χ4v) is 2.63. The molecule has 16 heavy (non-hydrogen) atoms. The molecule has 2 nitrogen and oxygen atoms in total. The molecule has 0 amide bonds. The first-order chi connectivity index (χ1) is 7.66. The molecule has 88 valence electrons. The van der Waals surface area contributed by atoms with Gasteiger partial charge in [0, 0.05) is 18.4 Å². The summed E-state index contributed by atoms with van der Waals surface area (Å²) in [6.07, 6.45) is 7.85. The molecule has 0 aromatic carbocycles. The highest BCUT2D eigenvalue weighted by molar-refractivity contribution is 5.43. The van der Waals surface area contributed by atoms with Crippen molar-refractivity contribution in [2.75, 3.05) is 5.32 Å². The molecule has 2 heteroatoms.